The normalized spacial score (nSPS) is 15.1. The van der Waals surface area contributed by atoms with Crippen molar-refractivity contribution in [3.8, 4) is 5.88 Å². The van der Waals surface area contributed by atoms with Gasteiger partial charge in [-0.15, -0.1) is 0 Å². The van der Waals surface area contributed by atoms with Crippen LogP contribution in [0.1, 0.15) is 5.69 Å². The summed E-state index contributed by atoms with van der Waals surface area (Å²) < 4.78 is 5.17. The fourth-order valence-corrected chi connectivity index (χ4v) is 3.29. The van der Waals surface area contributed by atoms with Crippen LogP contribution in [0.5, 0.6) is 5.88 Å². The predicted octanol–water partition coefficient (Wildman–Crippen LogP) is 2.64. The summed E-state index contributed by atoms with van der Waals surface area (Å²) in [5.74, 6) is 1.50. The average molecular weight is 374 g/mol. The number of hydrogen-bond acceptors (Lipinski definition) is 4. The lowest BCUT2D eigenvalue weighted by molar-refractivity contribution is 0.371. The number of hydrogen-bond donors (Lipinski definition) is 1. The molecule has 1 aromatic carbocycles. The lowest BCUT2D eigenvalue weighted by atomic mass is 10.2. The fraction of sp³-hybridized carbons (Fsp3) is 0.368. The van der Waals surface area contributed by atoms with Gasteiger partial charge in [-0.3, -0.25) is 4.99 Å². The van der Waals surface area contributed by atoms with Crippen molar-refractivity contribution in [2.24, 2.45) is 4.99 Å². The number of ether oxygens (including phenoxy) is 1. The monoisotopic (exact) mass is 373 g/mol. The highest BCUT2D eigenvalue weighted by Crippen LogP contribution is 2.26. The van der Waals surface area contributed by atoms with Crippen LogP contribution in [0.3, 0.4) is 0 Å². The van der Waals surface area contributed by atoms with Gasteiger partial charge in [-0.25, -0.2) is 4.98 Å². The van der Waals surface area contributed by atoms with Gasteiger partial charge in [0.05, 0.1) is 30.1 Å². The Kier molecular flexibility index (Phi) is 6.17. The number of methoxy groups -OCH3 is 1. The molecule has 7 heteroatoms. The third-order valence-corrected chi connectivity index (χ3v) is 4.72. The van der Waals surface area contributed by atoms with E-state index in [2.05, 4.69) is 31.2 Å². The number of aliphatic imine (C=N–C) groups is 1. The van der Waals surface area contributed by atoms with Gasteiger partial charge in [-0.1, -0.05) is 29.8 Å². The quantitative estimate of drug-likeness (QED) is 0.659. The number of benzene rings is 1. The zero-order valence-electron chi connectivity index (χ0n) is 15.2. The minimum absolute atomic E-state index is 0.606. The molecule has 2 aromatic rings. The summed E-state index contributed by atoms with van der Waals surface area (Å²) in [6.07, 6.45) is 0. The summed E-state index contributed by atoms with van der Waals surface area (Å²) in [5.41, 5.74) is 2.01. The van der Waals surface area contributed by atoms with Gasteiger partial charge in [0.25, 0.3) is 0 Å². The molecule has 0 spiro atoms. The van der Waals surface area contributed by atoms with E-state index in [1.807, 2.05) is 43.4 Å². The summed E-state index contributed by atoms with van der Waals surface area (Å²) >= 11 is 6.32. The highest BCUT2D eigenvalue weighted by molar-refractivity contribution is 6.33. The summed E-state index contributed by atoms with van der Waals surface area (Å²) in [6.45, 7) is 4.19. The topological polar surface area (TPSA) is 53.0 Å². The molecule has 0 amide bonds. The molecule has 0 bridgehead atoms. The van der Waals surface area contributed by atoms with Crippen LogP contribution in [0, 0.1) is 0 Å². The SMILES string of the molecule is CN=C(NCc1cccc(OC)n1)N1CCN(c2ccccc2Cl)CC1. The Morgan fingerprint density at radius 3 is 2.62 bits per heavy atom. The maximum Gasteiger partial charge on any atom is 0.213 e. The molecular weight excluding hydrogens is 350 g/mol. The third kappa shape index (κ3) is 4.38. The van der Waals surface area contributed by atoms with E-state index in [0.717, 1.165) is 48.5 Å². The summed E-state index contributed by atoms with van der Waals surface area (Å²) in [5, 5.41) is 4.18. The molecule has 0 saturated carbocycles. The van der Waals surface area contributed by atoms with Crippen LogP contribution in [-0.4, -0.2) is 56.2 Å². The van der Waals surface area contributed by atoms with E-state index in [1.165, 1.54) is 0 Å². The van der Waals surface area contributed by atoms with Crippen molar-refractivity contribution in [2.75, 3.05) is 45.2 Å². The van der Waals surface area contributed by atoms with Crippen LogP contribution >= 0.6 is 11.6 Å². The number of aromatic nitrogens is 1. The van der Waals surface area contributed by atoms with E-state index in [9.17, 15) is 0 Å². The average Bonchev–Trinajstić information content (AvgIpc) is 2.69. The van der Waals surface area contributed by atoms with Gasteiger partial charge in [-0.05, 0) is 18.2 Å². The van der Waals surface area contributed by atoms with Gasteiger partial charge in [0, 0.05) is 39.3 Å². The number of halogens is 1. The Balaban J connectivity index is 1.56. The number of guanidine groups is 1. The van der Waals surface area contributed by atoms with Crippen molar-refractivity contribution in [3.63, 3.8) is 0 Å². The van der Waals surface area contributed by atoms with Crippen LogP contribution in [0.2, 0.25) is 5.02 Å². The van der Waals surface area contributed by atoms with Crippen LogP contribution in [-0.2, 0) is 6.54 Å². The van der Waals surface area contributed by atoms with Crippen molar-refractivity contribution in [2.45, 2.75) is 6.54 Å². The molecule has 0 atom stereocenters. The van der Waals surface area contributed by atoms with Crippen molar-refractivity contribution < 1.29 is 4.74 Å². The molecule has 0 radical (unpaired) electrons. The van der Waals surface area contributed by atoms with Gasteiger partial charge in [0.1, 0.15) is 0 Å². The molecule has 138 valence electrons. The first kappa shape index (κ1) is 18.3. The molecule has 0 aliphatic carbocycles. The number of pyridine rings is 1. The van der Waals surface area contributed by atoms with E-state index >= 15 is 0 Å². The summed E-state index contributed by atoms with van der Waals surface area (Å²) in [7, 11) is 3.43. The van der Waals surface area contributed by atoms with E-state index in [0.29, 0.717) is 12.4 Å². The molecule has 2 heterocycles. The van der Waals surface area contributed by atoms with E-state index in [4.69, 9.17) is 16.3 Å². The van der Waals surface area contributed by atoms with Gasteiger partial charge in [-0.2, -0.15) is 0 Å². The van der Waals surface area contributed by atoms with Crippen molar-refractivity contribution >= 4 is 23.2 Å². The molecule has 0 unspecified atom stereocenters. The van der Waals surface area contributed by atoms with Crippen LogP contribution < -0.4 is 15.0 Å². The zero-order chi connectivity index (χ0) is 18.4. The first-order valence-electron chi connectivity index (χ1n) is 8.66. The summed E-state index contributed by atoms with van der Waals surface area (Å²) in [4.78, 5) is 13.4. The minimum Gasteiger partial charge on any atom is -0.481 e. The number of nitrogens with zero attached hydrogens (tertiary/aromatic N) is 4. The van der Waals surface area contributed by atoms with Crippen molar-refractivity contribution in [1.29, 1.82) is 0 Å². The Bertz CT molecular complexity index is 759. The van der Waals surface area contributed by atoms with Gasteiger partial charge in [0.15, 0.2) is 5.96 Å². The van der Waals surface area contributed by atoms with Crippen molar-refractivity contribution in [3.05, 3.63) is 53.2 Å². The lowest BCUT2D eigenvalue weighted by Crippen LogP contribution is -2.52. The van der Waals surface area contributed by atoms with E-state index < -0.39 is 0 Å². The maximum absolute atomic E-state index is 6.32. The molecule has 1 fully saturated rings. The van der Waals surface area contributed by atoms with Gasteiger partial charge < -0.3 is 19.9 Å². The first-order valence-corrected chi connectivity index (χ1v) is 9.04. The summed E-state index contributed by atoms with van der Waals surface area (Å²) in [6, 6.07) is 13.7. The van der Waals surface area contributed by atoms with Crippen molar-refractivity contribution in [1.82, 2.24) is 15.2 Å². The number of piperazine rings is 1. The molecular formula is C19H24ClN5O. The molecule has 1 aliphatic rings. The largest absolute Gasteiger partial charge is 0.481 e. The van der Waals surface area contributed by atoms with Gasteiger partial charge in [0.2, 0.25) is 5.88 Å². The number of anilines is 1. The number of nitrogens with one attached hydrogen (secondary N) is 1. The Morgan fingerprint density at radius 2 is 1.92 bits per heavy atom. The van der Waals surface area contributed by atoms with E-state index in [-0.39, 0.29) is 0 Å². The Hall–Kier alpha value is -2.47. The Labute approximate surface area is 159 Å². The molecule has 6 nitrogen and oxygen atoms in total. The predicted molar refractivity (Wildman–Crippen MR) is 106 cm³/mol. The second-order valence-electron chi connectivity index (χ2n) is 6.00. The second-order valence-corrected chi connectivity index (χ2v) is 6.40. The number of rotatable bonds is 4. The maximum atomic E-state index is 6.32. The molecule has 1 N–H and O–H groups in total. The molecule has 3 rings (SSSR count). The molecule has 1 aromatic heterocycles. The molecule has 1 saturated heterocycles. The third-order valence-electron chi connectivity index (χ3n) is 4.40. The molecule has 1 aliphatic heterocycles. The molecule has 26 heavy (non-hydrogen) atoms. The minimum atomic E-state index is 0.606. The fourth-order valence-electron chi connectivity index (χ4n) is 3.04. The van der Waals surface area contributed by atoms with Crippen LogP contribution in [0.25, 0.3) is 0 Å². The van der Waals surface area contributed by atoms with E-state index in [1.54, 1.807) is 7.11 Å². The van der Waals surface area contributed by atoms with Gasteiger partial charge >= 0.3 is 0 Å². The highest BCUT2D eigenvalue weighted by atomic mass is 35.5. The van der Waals surface area contributed by atoms with Crippen LogP contribution in [0.15, 0.2) is 47.5 Å². The van der Waals surface area contributed by atoms with Crippen LogP contribution in [0.4, 0.5) is 5.69 Å². The second kappa shape index (κ2) is 8.76. The zero-order valence-corrected chi connectivity index (χ0v) is 15.9. The number of para-hydroxylation sites is 1. The standard InChI is InChI=1S/C19H24ClN5O/c1-21-19(22-14-15-6-5-9-18(23-15)26-2)25-12-10-24(11-13-25)17-8-4-3-7-16(17)20/h3-9H,10-14H2,1-2H3,(H,21,22). The highest BCUT2D eigenvalue weighted by Gasteiger charge is 2.21. The smallest absolute Gasteiger partial charge is 0.213 e. The Morgan fingerprint density at radius 1 is 1.15 bits per heavy atom. The first-order chi connectivity index (χ1) is 12.7. The lowest BCUT2D eigenvalue weighted by Gasteiger charge is -2.38.